The minimum atomic E-state index is -0.0104. The predicted octanol–water partition coefficient (Wildman–Crippen LogP) is 1.40. The van der Waals surface area contributed by atoms with Gasteiger partial charge in [0.15, 0.2) is 0 Å². The Bertz CT molecular complexity index is 125. The molecule has 0 atom stereocenters. The molecule has 1 heteroatoms. The summed E-state index contributed by atoms with van der Waals surface area (Å²) in [7, 11) is 0. The molecule has 0 spiro atoms. The summed E-state index contributed by atoms with van der Waals surface area (Å²) in [5.74, 6) is 5.94. The Morgan fingerprint density at radius 1 is 1.44 bits per heavy atom. The highest BCUT2D eigenvalue weighted by Gasteiger charge is 2.09. The molecule has 1 N–H and O–H groups in total. The second-order valence-electron chi connectivity index (χ2n) is 2.53. The van der Waals surface area contributed by atoms with Crippen LogP contribution in [0.15, 0.2) is 0 Å². The maximum atomic E-state index is 3.25. The van der Waals surface area contributed by atoms with E-state index < -0.39 is 0 Å². The highest BCUT2D eigenvalue weighted by molar-refractivity contribution is 5.12. The van der Waals surface area contributed by atoms with Gasteiger partial charge in [-0.1, -0.05) is 12.8 Å². The summed E-state index contributed by atoms with van der Waals surface area (Å²) in [5, 5.41) is 3.25. The molecule has 0 amide bonds. The van der Waals surface area contributed by atoms with Gasteiger partial charge in [0.25, 0.3) is 0 Å². The Morgan fingerprint density at radius 2 is 2.00 bits per heavy atom. The molecule has 1 nitrogen and oxygen atoms in total. The van der Waals surface area contributed by atoms with Crippen LogP contribution in [0.5, 0.6) is 0 Å². The molecule has 0 heterocycles. The molecule has 0 aromatic heterocycles. The van der Waals surface area contributed by atoms with Crippen molar-refractivity contribution in [3.05, 3.63) is 0 Å². The molecule has 0 saturated heterocycles. The first-order valence-electron chi connectivity index (χ1n) is 3.31. The molecule has 0 aliphatic rings. The molecule has 0 aromatic carbocycles. The van der Waals surface area contributed by atoms with Crippen molar-refractivity contribution < 1.29 is 0 Å². The van der Waals surface area contributed by atoms with E-state index in [4.69, 9.17) is 0 Å². The maximum absolute atomic E-state index is 3.25. The third kappa shape index (κ3) is 4.05. The average molecular weight is 125 g/mol. The number of nitrogens with one attached hydrogen (secondary N) is 1. The second kappa shape index (κ2) is 3.53. The Morgan fingerprint density at radius 3 is 2.33 bits per heavy atom. The van der Waals surface area contributed by atoms with Crippen LogP contribution in [-0.2, 0) is 0 Å². The fraction of sp³-hybridized carbons (Fsp3) is 0.750. The van der Waals surface area contributed by atoms with Gasteiger partial charge < -0.3 is 5.32 Å². The quantitative estimate of drug-likeness (QED) is 0.550. The first-order valence-corrected chi connectivity index (χ1v) is 3.31. The van der Waals surface area contributed by atoms with Gasteiger partial charge in [0.1, 0.15) is 0 Å². The Hall–Kier alpha value is -0.480. The third-order valence-corrected chi connectivity index (χ3v) is 1.06. The minimum absolute atomic E-state index is 0.0104. The van der Waals surface area contributed by atoms with E-state index in [0.29, 0.717) is 0 Å². The van der Waals surface area contributed by atoms with Gasteiger partial charge in [-0.15, -0.1) is 5.92 Å². The van der Waals surface area contributed by atoms with Gasteiger partial charge in [0, 0.05) is 0 Å². The zero-order valence-electron chi connectivity index (χ0n) is 6.71. The van der Waals surface area contributed by atoms with Gasteiger partial charge >= 0.3 is 0 Å². The van der Waals surface area contributed by atoms with Gasteiger partial charge in [-0.25, -0.2) is 0 Å². The summed E-state index contributed by atoms with van der Waals surface area (Å²) < 4.78 is 0. The highest BCUT2D eigenvalue weighted by atomic mass is 14.9. The molecule has 9 heavy (non-hydrogen) atoms. The molecule has 52 valence electrons. The van der Waals surface area contributed by atoms with Crippen LogP contribution in [0, 0.1) is 11.8 Å². The van der Waals surface area contributed by atoms with E-state index in [-0.39, 0.29) is 5.54 Å². The van der Waals surface area contributed by atoms with Crippen LogP contribution in [0.2, 0.25) is 0 Å². The van der Waals surface area contributed by atoms with Crippen LogP contribution < -0.4 is 5.32 Å². The topological polar surface area (TPSA) is 12.0 Å². The van der Waals surface area contributed by atoms with Gasteiger partial charge in [0.05, 0.1) is 5.54 Å². The van der Waals surface area contributed by atoms with Crippen molar-refractivity contribution >= 4 is 0 Å². The lowest BCUT2D eigenvalue weighted by Crippen LogP contribution is -2.37. The first-order chi connectivity index (χ1) is 4.12. The van der Waals surface area contributed by atoms with Crippen molar-refractivity contribution in [3.8, 4) is 11.8 Å². The molecule has 0 fully saturated rings. The van der Waals surface area contributed by atoms with E-state index >= 15 is 0 Å². The van der Waals surface area contributed by atoms with E-state index in [9.17, 15) is 0 Å². The van der Waals surface area contributed by atoms with Crippen molar-refractivity contribution in [2.45, 2.75) is 33.2 Å². The van der Waals surface area contributed by atoms with Crippen LogP contribution in [0.4, 0.5) is 0 Å². The fourth-order valence-corrected chi connectivity index (χ4v) is 0.799. The number of hydrogen-bond donors (Lipinski definition) is 1. The molecule has 0 bridgehead atoms. The second-order valence-corrected chi connectivity index (χ2v) is 2.53. The molecule has 0 unspecified atom stereocenters. The molecule has 0 rings (SSSR count). The van der Waals surface area contributed by atoms with Crippen molar-refractivity contribution in [3.63, 3.8) is 0 Å². The highest BCUT2D eigenvalue weighted by Crippen LogP contribution is 1.97. The normalized spacial score (nSPS) is 10.2. The van der Waals surface area contributed by atoms with E-state index in [1.54, 1.807) is 0 Å². The number of hydrogen-bond acceptors (Lipinski definition) is 1. The minimum Gasteiger partial charge on any atom is -0.302 e. The molecule has 0 aliphatic carbocycles. The molecular weight excluding hydrogens is 110 g/mol. The molecule has 0 saturated carbocycles. The molecular formula is C8H15N. The molecule has 0 aliphatic heterocycles. The van der Waals surface area contributed by atoms with Gasteiger partial charge in [-0.2, -0.15) is 0 Å². The average Bonchev–Trinajstić information content (AvgIpc) is 1.64. The van der Waals surface area contributed by atoms with Crippen LogP contribution in [0.1, 0.15) is 27.7 Å². The van der Waals surface area contributed by atoms with Crippen LogP contribution in [-0.4, -0.2) is 12.1 Å². The maximum Gasteiger partial charge on any atom is 0.0743 e. The fourth-order valence-electron chi connectivity index (χ4n) is 0.799. The lowest BCUT2D eigenvalue weighted by Gasteiger charge is -2.17. The van der Waals surface area contributed by atoms with Crippen LogP contribution >= 0.6 is 0 Å². The summed E-state index contributed by atoms with van der Waals surface area (Å²) in [6, 6.07) is 0. The van der Waals surface area contributed by atoms with E-state index in [2.05, 4.69) is 37.9 Å². The molecule has 0 radical (unpaired) electrons. The third-order valence-electron chi connectivity index (χ3n) is 1.06. The van der Waals surface area contributed by atoms with Crippen molar-refractivity contribution in [1.29, 1.82) is 0 Å². The standard InChI is InChI=1S/C8H15N/c1-5-7-8(3,4)9-6-2/h9H,6H2,1-4H3. The zero-order valence-corrected chi connectivity index (χ0v) is 6.71. The number of rotatable bonds is 2. The summed E-state index contributed by atoms with van der Waals surface area (Å²) in [4.78, 5) is 0. The van der Waals surface area contributed by atoms with Crippen molar-refractivity contribution in [1.82, 2.24) is 5.32 Å². The monoisotopic (exact) mass is 125 g/mol. The zero-order chi connectivity index (χ0) is 7.33. The largest absolute Gasteiger partial charge is 0.302 e. The van der Waals surface area contributed by atoms with Crippen molar-refractivity contribution in [2.24, 2.45) is 0 Å². The van der Waals surface area contributed by atoms with Gasteiger partial charge in [-0.3, -0.25) is 0 Å². The van der Waals surface area contributed by atoms with Crippen molar-refractivity contribution in [2.75, 3.05) is 6.54 Å². The smallest absolute Gasteiger partial charge is 0.0743 e. The molecule has 0 aromatic rings. The summed E-state index contributed by atoms with van der Waals surface area (Å²) >= 11 is 0. The Labute approximate surface area is 57.8 Å². The predicted molar refractivity (Wildman–Crippen MR) is 41.2 cm³/mol. The Balaban J connectivity index is 3.80. The van der Waals surface area contributed by atoms with E-state index in [0.717, 1.165) is 6.54 Å². The lowest BCUT2D eigenvalue weighted by molar-refractivity contribution is 0.509. The first kappa shape index (κ1) is 8.52. The Kier molecular flexibility index (Phi) is 3.34. The van der Waals surface area contributed by atoms with Gasteiger partial charge in [-0.05, 0) is 27.3 Å². The lowest BCUT2D eigenvalue weighted by atomic mass is 10.1. The van der Waals surface area contributed by atoms with E-state index in [1.807, 2.05) is 6.92 Å². The summed E-state index contributed by atoms with van der Waals surface area (Å²) in [5.41, 5.74) is -0.0104. The summed E-state index contributed by atoms with van der Waals surface area (Å²) in [6.07, 6.45) is 0. The van der Waals surface area contributed by atoms with E-state index in [1.165, 1.54) is 0 Å². The van der Waals surface area contributed by atoms with Crippen LogP contribution in [0.25, 0.3) is 0 Å². The van der Waals surface area contributed by atoms with Gasteiger partial charge in [0.2, 0.25) is 0 Å². The SMILES string of the molecule is CC#CC(C)(C)NCC. The van der Waals surface area contributed by atoms with Crippen LogP contribution in [0.3, 0.4) is 0 Å². The summed E-state index contributed by atoms with van der Waals surface area (Å²) in [6.45, 7) is 9.07.